The second kappa shape index (κ2) is 15.9. The number of aromatic nitrogens is 1. The smallest absolute Gasteiger partial charge is 0.417 e. The number of hydrogen-bond acceptors (Lipinski definition) is 9. The topological polar surface area (TPSA) is 141 Å². The monoisotopic (exact) mass is 881 g/mol. The number of halogens is 5. The Kier molecular flexibility index (Phi) is 10.6. The molecule has 9 rings (SSSR count). The predicted octanol–water partition coefficient (Wildman–Crippen LogP) is 8.71. The minimum absolute atomic E-state index is 0.0307. The van der Waals surface area contributed by atoms with Crippen LogP contribution in [0.2, 0.25) is 10.0 Å². The number of aliphatic hydroxyl groups excluding tert-OH is 1. The standard InChI is InChI=1S/C46H36Cl2F3N5O6/c47-28-10-8-26(9-11-28)45-36(42(59)56(44(45)61)54-40-37(48)22-27(24-52-40)46(49,50)51)23-35-33(39(45)25-6-16-32(17-7-25)62-21-20-57)18-19-34-38(35)43(60)55(41(34)58)31-14-12-30(13-15-31)53-29-4-2-1-3-5-29/h1-18,22,24,34-36,38-39,53,57H,19-21,23H2,(H,52,54)/t34-,35+,36-,38-,39-,45+/m0/s1. The van der Waals surface area contributed by atoms with Gasteiger partial charge in [-0.2, -0.15) is 18.2 Å². The van der Waals surface area contributed by atoms with Gasteiger partial charge in [0.25, 0.3) is 11.8 Å². The Labute approximate surface area is 363 Å². The molecule has 3 fully saturated rings. The number of anilines is 4. The molecule has 1 saturated carbocycles. The molecule has 316 valence electrons. The molecule has 3 heterocycles. The van der Waals surface area contributed by atoms with E-state index in [-0.39, 0.29) is 37.8 Å². The fraction of sp³-hybridized carbons (Fsp3) is 0.239. The van der Waals surface area contributed by atoms with E-state index in [0.29, 0.717) is 45.4 Å². The van der Waals surface area contributed by atoms with Gasteiger partial charge in [0.1, 0.15) is 12.4 Å². The van der Waals surface area contributed by atoms with E-state index >= 15 is 4.79 Å². The number of amides is 4. The van der Waals surface area contributed by atoms with Crippen LogP contribution in [0.4, 0.5) is 36.1 Å². The van der Waals surface area contributed by atoms with Crippen molar-refractivity contribution in [3.63, 3.8) is 0 Å². The van der Waals surface area contributed by atoms with Gasteiger partial charge in [0.2, 0.25) is 11.8 Å². The number of nitrogens with one attached hydrogen (secondary N) is 2. The van der Waals surface area contributed by atoms with Crippen molar-refractivity contribution in [3.8, 4) is 5.75 Å². The minimum atomic E-state index is -4.76. The number of rotatable bonds is 10. The molecule has 16 heteroatoms. The molecule has 0 bridgehead atoms. The fourth-order valence-corrected chi connectivity index (χ4v) is 10.0. The summed E-state index contributed by atoms with van der Waals surface area (Å²) in [5, 5.41) is 13.3. The third kappa shape index (κ3) is 6.86. The molecule has 0 spiro atoms. The SMILES string of the molecule is O=C1[C@@H]2C[C@@H]3C(=CC[C@@H]4C(=O)N(c5ccc(Nc6ccccc6)cc5)C(=O)[C@@H]43)[C@H](c3ccc(OCCO)cc3)[C@]2(c2ccc(Cl)cc2)C(=O)N1Nc1ncc(C(F)(F)F)cc1Cl. The van der Waals surface area contributed by atoms with Gasteiger partial charge in [-0.25, -0.2) is 4.98 Å². The summed E-state index contributed by atoms with van der Waals surface area (Å²) < 4.78 is 46.3. The maximum Gasteiger partial charge on any atom is 0.417 e. The number of hydrogen-bond donors (Lipinski definition) is 3. The second-order valence-electron chi connectivity index (χ2n) is 15.6. The van der Waals surface area contributed by atoms with Crippen LogP contribution in [0.3, 0.4) is 0 Å². The van der Waals surface area contributed by atoms with Gasteiger partial charge in [0, 0.05) is 28.5 Å². The molecular formula is C46H36Cl2F3N5O6. The number of alkyl halides is 3. The maximum atomic E-state index is 15.4. The minimum Gasteiger partial charge on any atom is -0.491 e. The molecule has 1 aromatic heterocycles. The summed E-state index contributed by atoms with van der Waals surface area (Å²) in [6.45, 7) is -0.193. The normalized spacial score (nSPS) is 24.4. The molecule has 0 unspecified atom stereocenters. The number of pyridine rings is 1. The molecule has 2 aliphatic heterocycles. The number of benzene rings is 4. The lowest BCUT2D eigenvalue weighted by Crippen LogP contribution is -2.53. The van der Waals surface area contributed by atoms with Crippen molar-refractivity contribution in [2.24, 2.45) is 23.7 Å². The number of hydrazine groups is 1. The van der Waals surface area contributed by atoms with E-state index in [0.717, 1.165) is 16.4 Å². The van der Waals surface area contributed by atoms with Crippen molar-refractivity contribution in [1.29, 1.82) is 0 Å². The zero-order valence-corrected chi connectivity index (χ0v) is 34.0. The molecule has 4 aromatic carbocycles. The molecular weight excluding hydrogens is 846 g/mol. The molecule has 5 aromatic rings. The van der Waals surface area contributed by atoms with Crippen LogP contribution in [0.25, 0.3) is 0 Å². The van der Waals surface area contributed by atoms with E-state index in [1.165, 1.54) is 4.90 Å². The van der Waals surface area contributed by atoms with Crippen LogP contribution in [0.1, 0.15) is 35.4 Å². The molecule has 11 nitrogen and oxygen atoms in total. The van der Waals surface area contributed by atoms with Crippen LogP contribution in [-0.4, -0.2) is 51.9 Å². The van der Waals surface area contributed by atoms with Gasteiger partial charge in [0.05, 0.1) is 46.0 Å². The number of nitrogens with zero attached hydrogens (tertiary/aromatic N) is 3. The lowest BCUT2D eigenvalue weighted by molar-refractivity contribution is -0.139. The Balaban J connectivity index is 1.14. The Morgan fingerprint density at radius 3 is 2.19 bits per heavy atom. The molecule has 6 atom stereocenters. The number of ether oxygens (including phenoxy) is 1. The van der Waals surface area contributed by atoms with Gasteiger partial charge < -0.3 is 15.2 Å². The highest BCUT2D eigenvalue weighted by molar-refractivity contribution is 6.33. The third-order valence-corrected chi connectivity index (χ3v) is 12.9. The summed E-state index contributed by atoms with van der Waals surface area (Å²) in [5.74, 6) is -6.64. The number of aliphatic hydroxyl groups is 1. The van der Waals surface area contributed by atoms with E-state index in [4.69, 9.17) is 27.9 Å². The van der Waals surface area contributed by atoms with E-state index in [2.05, 4.69) is 15.7 Å². The summed E-state index contributed by atoms with van der Waals surface area (Å²) in [4.78, 5) is 64.5. The first-order chi connectivity index (χ1) is 29.8. The van der Waals surface area contributed by atoms with Crippen molar-refractivity contribution in [2.75, 3.05) is 28.9 Å². The average molecular weight is 883 g/mol. The van der Waals surface area contributed by atoms with E-state index < -0.39 is 69.5 Å². The first-order valence-electron chi connectivity index (χ1n) is 19.8. The van der Waals surface area contributed by atoms with Crippen molar-refractivity contribution in [3.05, 3.63) is 154 Å². The van der Waals surface area contributed by atoms with Crippen LogP contribution < -0.4 is 20.4 Å². The van der Waals surface area contributed by atoms with E-state index in [1.54, 1.807) is 72.8 Å². The molecule has 4 aliphatic rings. The predicted molar refractivity (Wildman–Crippen MR) is 225 cm³/mol. The van der Waals surface area contributed by atoms with Crippen LogP contribution >= 0.6 is 23.2 Å². The van der Waals surface area contributed by atoms with Gasteiger partial charge >= 0.3 is 6.18 Å². The lowest BCUT2D eigenvalue weighted by atomic mass is 9.49. The highest BCUT2D eigenvalue weighted by Crippen LogP contribution is 2.64. The van der Waals surface area contributed by atoms with Crippen molar-refractivity contribution in [1.82, 2.24) is 9.99 Å². The number of carbonyl (C=O) groups excluding carboxylic acids is 4. The summed E-state index contributed by atoms with van der Waals surface area (Å²) in [6, 6.07) is 30.5. The number of imide groups is 2. The van der Waals surface area contributed by atoms with E-state index in [1.807, 2.05) is 36.4 Å². The summed E-state index contributed by atoms with van der Waals surface area (Å²) in [7, 11) is 0. The summed E-state index contributed by atoms with van der Waals surface area (Å²) in [5.41, 5.74) is 3.50. The van der Waals surface area contributed by atoms with Crippen LogP contribution in [0.5, 0.6) is 5.75 Å². The largest absolute Gasteiger partial charge is 0.491 e. The van der Waals surface area contributed by atoms with Crippen LogP contribution in [0.15, 0.2) is 127 Å². The van der Waals surface area contributed by atoms with Crippen LogP contribution in [0, 0.1) is 23.7 Å². The molecule has 4 amide bonds. The fourth-order valence-electron chi connectivity index (χ4n) is 9.71. The molecule has 62 heavy (non-hydrogen) atoms. The summed E-state index contributed by atoms with van der Waals surface area (Å²) in [6.07, 6.45) is -2.16. The Morgan fingerprint density at radius 2 is 1.53 bits per heavy atom. The highest BCUT2D eigenvalue weighted by Gasteiger charge is 2.70. The first-order valence-corrected chi connectivity index (χ1v) is 20.5. The lowest BCUT2D eigenvalue weighted by Gasteiger charge is -2.50. The summed E-state index contributed by atoms with van der Waals surface area (Å²) >= 11 is 12.7. The quantitative estimate of drug-likeness (QED) is 0.0928. The number of para-hydroxylation sites is 1. The van der Waals surface area contributed by atoms with Crippen molar-refractivity contribution in [2.45, 2.75) is 30.4 Å². The number of allylic oxidation sites excluding steroid dienone is 2. The zero-order chi connectivity index (χ0) is 43.5. The van der Waals surface area contributed by atoms with Gasteiger partial charge in [-0.1, -0.05) is 77.3 Å². The maximum absolute atomic E-state index is 15.4. The van der Waals surface area contributed by atoms with Gasteiger partial charge in [-0.05, 0) is 96.6 Å². The van der Waals surface area contributed by atoms with Crippen LogP contribution in [-0.2, 0) is 30.8 Å². The zero-order valence-electron chi connectivity index (χ0n) is 32.5. The second-order valence-corrected chi connectivity index (χ2v) is 16.5. The molecule has 2 saturated heterocycles. The number of fused-ring (bicyclic) bond motifs is 4. The van der Waals surface area contributed by atoms with Crippen molar-refractivity contribution >= 4 is 69.7 Å². The van der Waals surface area contributed by atoms with Gasteiger partial charge in [0.15, 0.2) is 5.82 Å². The average Bonchev–Trinajstić information content (AvgIpc) is 3.64. The molecule has 0 radical (unpaired) electrons. The Bertz CT molecular complexity index is 2610. The molecule has 2 aliphatic carbocycles. The Morgan fingerprint density at radius 1 is 0.839 bits per heavy atom. The van der Waals surface area contributed by atoms with Gasteiger partial charge in [-0.15, -0.1) is 0 Å². The van der Waals surface area contributed by atoms with Gasteiger partial charge in [-0.3, -0.25) is 29.5 Å². The first kappa shape index (κ1) is 41.1. The molecule has 3 N–H and O–H groups in total. The third-order valence-electron chi connectivity index (χ3n) is 12.3. The highest BCUT2D eigenvalue weighted by atomic mass is 35.5. The van der Waals surface area contributed by atoms with E-state index in [9.17, 15) is 32.7 Å². The Hall–Kier alpha value is -6.22. The van der Waals surface area contributed by atoms with Crippen molar-refractivity contribution < 1.29 is 42.2 Å². The number of carbonyl (C=O) groups is 4.